The van der Waals surface area contributed by atoms with Gasteiger partial charge in [0.1, 0.15) is 0 Å². The molecule has 2 heterocycles. The second-order valence-electron chi connectivity index (χ2n) is 5.64. The van der Waals surface area contributed by atoms with Crippen LogP contribution in [-0.2, 0) is 13.1 Å². The molecule has 0 bridgehead atoms. The van der Waals surface area contributed by atoms with Gasteiger partial charge in [-0.25, -0.2) is 0 Å². The van der Waals surface area contributed by atoms with Crippen LogP contribution < -0.4 is 5.32 Å². The van der Waals surface area contributed by atoms with Gasteiger partial charge in [0.15, 0.2) is 0 Å². The lowest BCUT2D eigenvalue weighted by Crippen LogP contribution is -2.44. The molecule has 0 amide bonds. The lowest BCUT2D eigenvalue weighted by Gasteiger charge is -2.35. The van der Waals surface area contributed by atoms with Crippen LogP contribution in [0.15, 0.2) is 12.1 Å². The molecule has 1 unspecified atom stereocenters. The van der Waals surface area contributed by atoms with Gasteiger partial charge in [0, 0.05) is 35.4 Å². The zero-order chi connectivity index (χ0) is 13.7. The summed E-state index contributed by atoms with van der Waals surface area (Å²) in [6, 6.07) is 5.31. The summed E-state index contributed by atoms with van der Waals surface area (Å²) < 4.78 is 0. The Morgan fingerprint density at radius 3 is 2.89 bits per heavy atom. The number of piperidine rings is 1. The zero-order valence-electron chi connectivity index (χ0n) is 12.5. The van der Waals surface area contributed by atoms with Crippen molar-refractivity contribution in [1.29, 1.82) is 0 Å². The summed E-state index contributed by atoms with van der Waals surface area (Å²) in [4.78, 5) is 7.94. The number of likely N-dealkylation sites (N-methyl/N-ethyl adjacent to an activating group) is 1. The zero-order valence-corrected chi connectivity index (χ0v) is 13.3. The Morgan fingerprint density at radius 1 is 1.37 bits per heavy atom. The first-order valence-electron chi connectivity index (χ1n) is 7.36. The smallest absolute Gasteiger partial charge is 0.0328 e. The highest BCUT2D eigenvalue weighted by molar-refractivity contribution is 7.11. The van der Waals surface area contributed by atoms with Crippen molar-refractivity contribution < 1.29 is 0 Å². The summed E-state index contributed by atoms with van der Waals surface area (Å²) in [5.41, 5.74) is 0. The van der Waals surface area contributed by atoms with Crippen molar-refractivity contribution in [3.8, 4) is 0 Å². The summed E-state index contributed by atoms with van der Waals surface area (Å²) in [6.45, 7) is 7.81. The number of hydrogen-bond acceptors (Lipinski definition) is 4. The van der Waals surface area contributed by atoms with Crippen LogP contribution >= 0.6 is 11.3 Å². The first-order chi connectivity index (χ1) is 9.19. The van der Waals surface area contributed by atoms with E-state index in [1.807, 2.05) is 11.3 Å². The summed E-state index contributed by atoms with van der Waals surface area (Å²) in [5.74, 6) is 0. The molecule has 1 saturated heterocycles. The Hall–Kier alpha value is -0.420. The van der Waals surface area contributed by atoms with Gasteiger partial charge in [-0.05, 0) is 52.2 Å². The van der Waals surface area contributed by atoms with Crippen LogP contribution in [-0.4, -0.2) is 49.6 Å². The molecule has 0 radical (unpaired) electrons. The molecule has 0 aliphatic carbocycles. The molecule has 19 heavy (non-hydrogen) atoms. The molecule has 3 nitrogen and oxygen atoms in total. The molecule has 0 saturated carbocycles. The van der Waals surface area contributed by atoms with Crippen molar-refractivity contribution in [3.63, 3.8) is 0 Å². The molecule has 108 valence electrons. The summed E-state index contributed by atoms with van der Waals surface area (Å²) in [5, 5.41) is 3.39. The Balaban J connectivity index is 1.84. The van der Waals surface area contributed by atoms with Gasteiger partial charge in [0.2, 0.25) is 0 Å². The highest BCUT2D eigenvalue weighted by Crippen LogP contribution is 2.21. The Kier molecular flexibility index (Phi) is 5.82. The molecule has 1 N–H and O–H groups in total. The maximum atomic E-state index is 3.39. The molecular formula is C15H27N3S. The fourth-order valence-electron chi connectivity index (χ4n) is 2.67. The van der Waals surface area contributed by atoms with Crippen molar-refractivity contribution in [2.75, 3.05) is 33.7 Å². The minimum atomic E-state index is 0.731. The Bertz CT molecular complexity index is 375. The fourth-order valence-corrected chi connectivity index (χ4v) is 3.70. The van der Waals surface area contributed by atoms with Crippen LogP contribution in [0.4, 0.5) is 0 Å². The number of nitrogens with one attached hydrogen (secondary N) is 1. The first-order valence-corrected chi connectivity index (χ1v) is 8.17. The number of rotatable bonds is 6. The van der Waals surface area contributed by atoms with E-state index >= 15 is 0 Å². The molecular weight excluding hydrogens is 254 g/mol. The van der Waals surface area contributed by atoms with Crippen LogP contribution in [0.2, 0.25) is 0 Å². The largest absolute Gasteiger partial charge is 0.312 e. The van der Waals surface area contributed by atoms with Gasteiger partial charge in [0.25, 0.3) is 0 Å². The fraction of sp³-hybridized carbons (Fsp3) is 0.733. The first kappa shape index (κ1) is 15.0. The monoisotopic (exact) mass is 281 g/mol. The lowest BCUT2D eigenvalue weighted by molar-refractivity contribution is 0.129. The van der Waals surface area contributed by atoms with Crippen molar-refractivity contribution in [3.05, 3.63) is 21.9 Å². The molecule has 1 aliphatic rings. The van der Waals surface area contributed by atoms with E-state index in [4.69, 9.17) is 0 Å². The topological polar surface area (TPSA) is 18.5 Å². The molecule has 1 aromatic heterocycles. The number of likely N-dealkylation sites (tertiary alicyclic amines) is 1. The van der Waals surface area contributed by atoms with Gasteiger partial charge in [-0.2, -0.15) is 0 Å². The third-order valence-electron chi connectivity index (χ3n) is 3.86. The Labute approximate surface area is 121 Å². The standard InChI is InChI=1S/C15H27N3S/c1-4-16-10-14-7-8-15(19-14)12-18-9-5-6-13(11-18)17(2)3/h7-8,13,16H,4-6,9-12H2,1-3H3. The van der Waals surface area contributed by atoms with E-state index in [0.29, 0.717) is 0 Å². The van der Waals surface area contributed by atoms with E-state index < -0.39 is 0 Å². The third kappa shape index (κ3) is 4.56. The predicted octanol–water partition coefficient (Wildman–Crippen LogP) is 2.38. The van der Waals surface area contributed by atoms with E-state index in [1.165, 1.54) is 35.7 Å². The van der Waals surface area contributed by atoms with Crippen LogP contribution in [0.5, 0.6) is 0 Å². The average molecular weight is 281 g/mol. The maximum absolute atomic E-state index is 3.39. The van der Waals surface area contributed by atoms with Crippen molar-refractivity contribution in [1.82, 2.24) is 15.1 Å². The summed E-state index contributed by atoms with van der Waals surface area (Å²) in [7, 11) is 4.40. The quantitative estimate of drug-likeness (QED) is 0.864. The minimum Gasteiger partial charge on any atom is -0.312 e. The minimum absolute atomic E-state index is 0.731. The van der Waals surface area contributed by atoms with Gasteiger partial charge in [0.05, 0.1) is 0 Å². The maximum Gasteiger partial charge on any atom is 0.0328 e. The normalized spacial score (nSPS) is 21.2. The van der Waals surface area contributed by atoms with Gasteiger partial charge < -0.3 is 10.2 Å². The molecule has 1 fully saturated rings. The van der Waals surface area contributed by atoms with Crippen molar-refractivity contribution in [2.24, 2.45) is 0 Å². The van der Waals surface area contributed by atoms with E-state index in [2.05, 4.69) is 48.3 Å². The molecule has 4 heteroatoms. The average Bonchev–Trinajstić information content (AvgIpc) is 2.84. The number of hydrogen-bond donors (Lipinski definition) is 1. The molecule has 2 rings (SSSR count). The van der Waals surface area contributed by atoms with Crippen LogP contribution in [0, 0.1) is 0 Å². The van der Waals surface area contributed by atoms with Crippen molar-refractivity contribution in [2.45, 2.75) is 38.9 Å². The third-order valence-corrected chi connectivity index (χ3v) is 4.93. The SMILES string of the molecule is CCNCc1ccc(CN2CCCC(N(C)C)C2)s1. The lowest BCUT2D eigenvalue weighted by atomic mass is 10.1. The Morgan fingerprint density at radius 2 is 2.16 bits per heavy atom. The second kappa shape index (κ2) is 7.39. The van der Waals surface area contributed by atoms with Crippen LogP contribution in [0.1, 0.15) is 29.5 Å². The molecule has 1 aliphatic heterocycles. The van der Waals surface area contributed by atoms with Crippen LogP contribution in [0.25, 0.3) is 0 Å². The van der Waals surface area contributed by atoms with E-state index in [1.54, 1.807) is 0 Å². The molecule has 1 aromatic rings. The second-order valence-corrected chi connectivity index (χ2v) is 6.90. The van der Waals surface area contributed by atoms with E-state index in [0.717, 1.165) is 25.7 Å². The summed E-state index contributed by atoms with van der Waals surface area (Å²) in [6.07, 6.45) is 2.68. The molecule has 0 aromatic carbocycles. The predicted molar refractivity (Wildman–Crippen MR) is 83.7 cm³/mol. The molecule has 0 spiro atoms. The summed E-state index contributed by atoms with van der Waals surface area (Å²) >= 11 is 1.96. The van der Waals surface area contributed by atoms with Crippen LogP contribution in [0.3, 0.4) is 0 Å². The van der Waals surface area contributed by atoms with E-state index in [9.17, 15) is 0 Å². The van der Waals surface area contributed by atoms with Gasteiger partial charge in [-0.3, -0.25) is 4.90 Å². The number of nitrogens with zero attached hydrogens (tertiary/aromatic N) is 2. The van der Waals surface area contributed by atoms with E-state index in [-0.39, 0.29) is 0 Å². The number of thiophene rings is 1. The highest BCUT2D eigenvalue weighted by atomic mass is 32.1. The molecule has 1 atom stereocenters. The van der Waals surface area contributed by atoms with Gasteiger partial charge >= 0.3 is 0 Å². The van der Waals surface area contributed by atoms with Gasteiger partial charge in [-0.15, -0.1) is 11.3 Å². The van der Waals surface area contributed by atoms with Gasteiger partial charge in [-0.1, -0.05) is 6.92 Å². The van der Waals surface area contributed by atoms with Crippen molar-refractivity contribution >= 4 is 11.3 Å². The highest BCUT2D eigenvalue weighted by Gasteiger charge is 2.21.